The Morgan fingerprint density at radius 1 is 1.18 bits per heavy atom. The molecule has 1 N–H and O–H groups in total. The minimum absolute atomic E-state index is 0.115. The molecule has 2 rings (SSSR count). The maximum atomic E-state index is 12.8. The number of carbonyl (C=O) groups excluding carboxylic acids is 2. The summed E-state index contributed by atoms with van der Waals surface area (Å²) in [5.74, 6) is -0.926. The van der Waals surface area contributed by atoms with Gasteiger partial charge in [-0.2, -0.15) is 29.8 Å². The molecule has 0 aliphatic rings. The highest BCUT2D eigenvalue weighted by Gasteiger charge is 2.32. The Kier molecular flexibility index (Phi) is 7.58. The predicted octanol–water partition coefficient (Wildman–Crippen LogP) is 3.72. The molecule has 1 aromatic heterocycles. The van der Waals surface area contributed by atoms with Crippen LogP contribution in [0.15, 0.2) is 41.1 Å². The third kappa shape index (κ3) is 7.04. The molecule has 1 heterocycles. The number of nitrogens with one attached hydrogen (secondary N) is 1. The smallest absolute Gasteiger partial charge is 0.352 e. The molecule has 0 fully saturated rings. The summed E-state index contributed by atoms with van der Waals surface area (Å²) < 4.78 is 38.5. The van der Waals surface area contributed by atoms with E-state index in [0.717, 1.165) is 4.90 Å². The lowest BCUT2D eigenvalue weighted by Gasteiger charge is -2.24. The van der Waals surface area contributed by atoms with Crippen molar-refractivity contribution < 1.29 is 22.8 Å². The fraction of sp³-hybridized carbons (Fsp3) is 0.316. The monoisotopic (exact) mass is 409 g/mol. The van der Waals surface area contributed by atoms with Crippen LogP contribution in [0.5, 0.6) is 0 Å². The summed E-state index contributed by atoms with van der Waals surface area (Å²) in [6, 6.07) is 9.62. The number of nitrogens with zero attached hydrogens (tertiary/aromatic N) is 2. The van der Waals surface area contributed by atoms with Gasteiger partial charge in [0.1, 0.15) is 6.54 Å². The van der Waals surface area contributed by atoms with Gasteiger partial charge in [-0.25, -0.2) is 0 Å². The Bertz CT molecular complexity index is 828. The Balaban J connectivity index is 1.89. The lowest BCUT2D eigenvalue weighted by Crippen LogP contribution is -2.38. The summed E-state index contributed by atoms with van der Waals surface area (Å²) in [6.45, 7) is -1.37. The molecule has 0 radical (unpaired) electrons. The molecular formula is C19H18F3N3O2S. The van der Waals surface area contributed by atoms with E-state index in [-0.39, 0.29) is 31.8 Å². The number of alkyl halides is 3. The minimum atomic E-state index is -4.52. The highest BCUT2D eigenvalue weighted by molar-refractivity contribution is 7.08. The zero-order valence-corrected chi connectivity index (χ0v) is 15.6. The Labute approximate surface area is 164 Å². The van der Waals surface area contributed by atoms with Crippen LogP contribution >= 0.6 is 11.3 Å². The molecule has 0 saturated carbocycles. The largest absolute Gasteiger partial charge is 0.406 e. The van der Waals surface area contributed by atoms with Crippen LogP contribution in [0, 0.1) is 11.3 Å². The van der Waals surface area contributed by atoms with Gasteiger partial charge in [-0.05, 0) is 35.6 Å². The highest BCUT2D eigenvalue weighted by Crippen LogP contribution is 2.19. The van der Waals surface area contributed by atoms with Gasteiger partial charge in [-0.15, -0.1) is 0 Å². The zero-order chi connectivity index (χ0) is 20.6. The van der Waals surface area contributed by atoms with Gasteiger partial charge in [-0.1, -0.05) is 12.1 Å². The van der Waals surface area contributed by atoms with Crippen molar-refractivity contribution in [3.05, 3.63) is 57.8 Å². The first-order chi connectivity index (χ1) is 13.3. The van der Waals surface area contributed by atoms with E-state index in [4.69, 9.17) is 5.26 Å². The summed E-state index contributed by atoms with van der Waals surface area (Å²) >= 11 is 1.38. The van der Waals surface area contributed by atoms with E-state index in [1.807, 2.05) is 6.07 Å². The molecule has 0 aliphatic heterocycles. The molecule has 148 valence electrons. The van der Waals surface area contributed by atoms with Gasteiger partial charge in [0, 0.05) is 30.5 Å². The second kappa shape index (κ2) is 9.90. The molecule has 0 atom stereocenters. The molecule has 0 saturated heterocycles. The van der Waals surface area contributed by atoms with Gasteiger partial charge in [0.15, 0.2) is 0 Å². The van der Waals surface area contributed by atoms with E-state index in [0.29, 0.717) is 16.7 Å². The molecular weight excluding hydrogens is 391 g/mol. The quantitative estimate of drug-likeness (QED) is 0.676. The van der Waals surface area contributed by atoms with Crippen LogP contribution < -0.4 is 5.32 Å². The standard InChI is InChI=1S/C19H18F3N3O2S/c20-19(21,22)13-25(11-15-5-3-14(10-23)4-6-15)17(26)2-1-8-24-18(27)16-7-9-28-12-16/h3-7,9,12H,1-2,8,11,13H2,(H,24,27). The molecule has 0 bridgehead atoms. The third-order valence-electron chi connectivity index (χ3n) is 3.82. The number of thiophene rings is 1. The Morgan fingerprint density at radius 3 is 2.46 bits per heavy atom. The predicted molar refractivity (Wildman–Crippen MR) is 98.5 cm³/mol. The number of hydrogen-bond donors (Lipinski definition) is 1. The van der Waals surface area contributed by atoms with Gasteiger partial charge >= 0.3 is 6.18 Å². The molecule has 9 heteroatoms. The first-order valence-corrected chi connectivity index (χ1v) is 9.37. The maximum Gasteiger partial charge on any atom is 0.406 e. The average Bonchev–Trinajstić information content (AvgIpc) is 3.18. The van der Waals surface area contributed by atoms with Gasteiger partial charge in [0.05, 0.1) is 11.6 Å². The molecule has 0 spiro atoms. The molecule has 2 aromatic rings. The van der Waals surface area contributed by atoms with Crippen LogP contribution in [0.3, 0.4) is 0 Å². The van der Waals surface area contributed by atoms with Crippen LogP contribution in [0.1, 0.15) is 34.3 Å². The molecule has 1 aromatic carbocycles. The van der Waals surface area contributed by atoms with Crippen LogP contribution in [-0.4, -0.2) is 36.0 Å². The second-order valence-electron chi connectivity index (χ2n) is 6.05. The number of rotatable bonds is 8. The average molecular weight is 409 g/mol. The molecule has 0 unspecified atom stereocenters. The fourth-order valence-electron chi connectivity index (χ4n) is 2.45. The van der Waals surface area contributed by atoms with E-state index < -0.39 is 18.6 Å². The van der Waals surface area contributed by atoms with Crippen LogP contribution in [0.25, 0.3) is 0 Å². The Morgan fingerprint density at radius 2 is 1.89 bits per heavy atom. The van der Waals surface area contributed by atoms with Crippen LogP contribution in [-0.2, 0) is 11.3 Å². The summed E-state index contributed by atoms with van der Waals surface area (Å²) in [7, 11) is 0. The third-order valence-corrected chi connectivity index (χ3v) is 4.50. The van der Waals surface area contributed by atoms with E-state index in [1.54, 1.807) is 16.8 Å². The number of nitriles is 1. The van der Waals surface area contributed by atoms with Crippen molar-refractivity contribution in [3.63, 3.8) is 0 Å². The summed E-state index contributed by atoms with van der Waals surface area (Å²) in [6.07, 6.45) is -4.40. The van der Waals surface area contributed by atoms with Crippen molar-refractivity contribution in [1.29, 1.82) is 5.26 Å². The van der Waals surface area contributed by atoms with Crippen LogP contribution in [0.2, 0.25) is 0 Å². The maximum absolute atomic E-state index is 12.8. The van der Waals surface area contributed by atoms with Crippen molar-refractivity contribution in [3.8, 4) is 6.07 Å². The summed E-state index contributed by atoms with van der Waals surface area (Å²) in [5.41, 5.74) is 1.40. The zero-order valence-electron chi connectivity index (χ0n) is 14.8. The molecule has 2 amide bonds. The number of halogens is 3. The van der Waals surface area contributed by atoms with E-state index in [1.165, 1.54) is 35.6 Å². The summed E-state index contributed by atoms with van der Waals surface area (Å²) in [4.78, 5) is 24.8. The first kappa shape index (κ1) is 21.4. The molecule has 28 heavy (non-hydrogen) atoms. The normalized spacial score (nSPS) is 10.9. The van der Waals surface area contributed by atoms with Gasteiger partial charge in [-0.3, -0.25) is 9.59 Å². The van der Waals surface area contributed by atoms with Gasteiger partial charge in [0.25, 0.3) is 5.91 Å². The van der Waals surface area contributed by atoms with Gasteiger partial charge in [0.2, 0.25) is 5.91 Å². The van der Waals surface area contributed by atoms with E-state index in [2.05, 4.69) is 5.32 Å². The number of amides is 2. The van der Waals surface area contributed by atoms with E-state index >= 15 is 0 Å². The Hall–Kier alpha value is -2.86. The highest BCUT2D eigenvalue weighted by atomic mass is 32.1. The lowest BCUT2D eigenvalue weighted by molar-refractivity contribution is -0.162. The molecule has 0 aliphatic carbocycles. The van der Waals surface area contributed by atoms with Crippen molar-refractivity contribution in [2.75, 3.05) is 13.1 Å². The number of carbonyl (C=O) groups is 2. The van der Waals surface area contributed by atoms with Crippen molar-refractivity contribution in [1.82, 2.24) is 10.2 Å². The topological polar surface area (TPSA) is 73.2 Å². The number of benzene rings is 1. The minimum Gasteiger partial charge on any atom is -0.352 e. The second-order valence-corrected chi connectivity index (χ2v) is 6.83. The van der Waals surface area contributed by atoms with Crippen molar-refractivity contribution in [2.45, 2.75) is 25.6 Å². The SMILES string of the molecule is N#Cc1ccc(CN(CC(F)(F)F)C(=O)CCCNC(=O)c2ccsc2)cc1. The van der Waals surface area contributed by atoms with E-state index in [9.17, 15) is 22.8 Å². The van der Waals surface area contributed by atoms with Crippen molar-refractivity contribution in [2.24, 2.45) is 0 Å². The lowest BCUT2D eigenvalue weighted by atomic mass is 10.1. The first-order valence-electron chi connectivity index (χ1n) is 8.42. The fourth-order valence-corrected chi connectivity index (χ4v) is 3.09. The molecule has 5 nitrogen and oxygen atoms in total. The number of hydrogen-bond acceptors (Lipinski definition) is 4. The van der Waals surface area contributed by atoms with Crippen LogP contribution in [0.4, 0.5) is 13.2 Å². The summed E-state index contributed by atoms with van der Waals surface area (Å²) in [5, 5.41) is 14.9. The van der Waals surface area contributed by atoms with Gasteiger partial charge < -0.3 is 10.2 Å². The van der Waals surface area contributed by atoms with Crippen molar-refractivity contribution >= 4 is 23.2 Å².